The number of benzene rings is 2. The highest BCUT2D eigenvalue weighted by Gasteiger charge is 2.23. The second-order valence-corrected chi connectivity index (χ2v) is 7.46. The lowest BCUT2D eigenvalue weighted by molar-refractivity contribution is -0.118. The van der Waals surface area contributed by atoms with E-state index in [1.807, 2.05) is 12.1 Å². The molecule has 0 atom stereocenters. The summed E-state index contributed by atoms with van der Waals surface area (Å²) >= 11 is 13.3. The van der Waals surface area contributed by atoms with Gasteiger partial charge in [0.2, 0.25) is 0 Å². The summed E-state index contributed by atoms with van der Waals surface area (Å²) in [5.74, 6) is 0.128. The fourth-order valence-electron chi connectivity index (χ4n) is 2.70. The molecule has 0 spiro atoms. The van der Waals surface area contributed by atoms with Gasteiger partial charge in [-0.25, -0.2) is 4.98 Å². The normalized spacial score (nSPS) is 11.8. The Labute approximate surface area is 158 Å². The zero-order valence-electron chi connectivity index (χ0n) is 12.9. The number of amides is 1. The maximum atomic E-state index is 12.1. The third-order valence-electron chi connectivity index (χ3n) is 3.82. The van der Waals surface area contributed by atoms with Gasteiger partial charge in [-0.2, -0.15) is 0 Å². The SMILES string of the molecule is O=C(COc1ccc(Cl)cc1Cl)Nc1nc2c(s1)Cc1ccccc1-2. The van der Waals surface area contributed by atoms with Gasteiger partial charge in [-0.15, -0.1) is 11.3 Å². The molecule has 126 valence electrons. The summed E-state index contributed by atoms with van der Waals surface area (Å²) in [6, 6.07) is 13.0. The van der Waals surface area contributed by atoms with Crippen LogP contribution in [0.25, 0.3) is 11.3 Å². The topological polar surface area (TPSA) is 51.2 Å². The molecule has 0 aliphatic heterocycles. The summed E-state index contributed by atoms with van der Waals surface area (Å²) in [6.07, 6.45) is 0.857. The quantitative estimate of drug-likeness (QED) is 0.530. The molecule has 0 saturated heterocycles. The Morgan fingerprint density at radius 2 is 2.08 bits per heavy atom. The minimum Gasteiger partial charge on any atom is -0.482 e. The molecule has 7 heteroatoms. The van der Waals surface area contributed by atoms with Crippen LogP contribution in [0.5, 0.6) is 5.75 Å². The van der Waals surface area contributed by atoms with Gasteiger partial charge < -0.3 is 4.74 Å². The van der Waals surface area contributed by atoms with Crippen molar-refractivity contribution in [1.82, 2.24) is 4.98 Å². The van der Waals surface area contributed by atoms with Gasteiger partial charge in [0.05, 0.1) is 10.7 Å². The molecule has 1 N–H and O–H groups in total. The van der Waals surface area contributed by atoms with Gasteiger partial charge in [-0.1, -0.05) is 47.5 Å². The Balaban J connectivity index is 1.41. The number of anilines is 1. The fourth-order valence-corrected chi connectivity index (χ4v) is 4.18. The predicted octanol–water partition coefficient (Wildman–Crippen LogP) is 5.04. The number of aromatic nitrogens is 1. The molecule has 0 radical (unpaired) electrons. The maximum Gasteiger partial charge on any atom is 0.264 e. The van der Waals surface area contributed by atoms with Gasteiger partial charge in [0.1, 0.15) is 5.75 Å². The highest BCUT2D eigenvalue weighted by atomic mass is 35.5. The van der Waals surface area contributed by atoms with E-state index in [4.69, 9.17) is 27.9 Å². The van der Waals surface area contributed by atoms with Gasteiger partial charge in [-0.05, 0) is 23.8 Å². The summed E-state index contributed by atoms with van der Waals surface area (Å²) in [4.78, 5) is 17.8. The number of rotatable bonds is 4. The lowest BCUT2D eigenvalue weighted by Crippen LogP contribution is -2.20. The molecule has 4 rings (SSSR count). The third kappa shape index (κ3) is 3.35. The predicted molar refractivity (Wildman–Crippen MR) is 101 cm³/mol. The van der Waals surface area contributed by atoms with Gasteiger partial charge >= 0.3 is 0 Å². The van der Waals surface area contributed by atoms with Crippen molar-refractivity contribution in [3.05, 3.63) is 63.0 Å². The van der Waals surface area contributed by atoms with Crippen LogP contribution in [-0.4, -0.2) is 17.5 Å². The number of ether oxygens (including phenoxy) is 1. The van der Waals surface area contributed by atoms with E-state index < -0.39 is 0 Å². The highest BCUT2D eigenvalue weighted by molar-refractivity contribution is 7.16. The van der Waals surface area contributed by atoms with Crippen molar-refractivity contribution >= 4 is 45.6 Å². The van der Waals surface area contributed by atoms with E-state index in [9.17, 15) is 4.79 Å². The van der Waals surface area contributed by atoms with Crippen LogP contribution in [0.15, 0.2) is 42.5 Å². The number of nitrogens with one attached hydrogen (secondary N) is 1. The number of hydrogen-bond acceptors (Lipinski definition) is 4. The molecule has 3 aromatic rings. The number of halogens is 2. The minimum atomic E-state index is -0.285. The van der Waals surface area contributed by atoms with E-state index >= 15 is 0 Å². The van der Waals surface area contributed by atoms with Crippen LogP contribution in [0, 0.1) is 0 Å². The first-order valence-corrected chi connectivity index (χ1v) is 9.13. The first-order chi connectivity index (χ1) is 12.1. The Morgan fingerprint density at radius 3 is 2.92 bits per heavy atom. The molecular formula is C18H12Cl2N2O2S. The van der Waals surface area contributed by atoms with Gasteiger partial charge in [-0.3, -0.25) is 10.1 Å². The number of hydrogen-bond donors (Lipinski definition) is 1. The van der Waals surface area contributed by atoms with Crippen molar-refractivity contribution < 1.29 is 9.53 Å². The Bertz CT molecular complexity index is 971. The van der Waals surface area contributed by atoms with Crippen molar-refractivity contribution in [2.75, 3.05) is 11.9 Å². The molecule has 0 fully saturated rings. The first-order valence-electron chi connectivity index (χ1n) is 7.56. The van der Waals surface area contributed by atoms with Crippen LogP contribution in [0.1, 0.15) is 10.4 Å². The number of thiazole rings is 1. The molecule has 4 nitrogen and oxygen atoms in total. The van der Waals surface area contributed by atoms with Gasteiger partial charge in [0.25, 0.3) is 5.91 Å². The molecule has 1 heterocycles. The van der Waals surface area contributed by atoms with Crippen LogP contribution in [0.2, 0.25) is 10.0 Å². The summed E-state index contributed by atoms with van der Waals surface area (Å²) in [5, 5.41) is 4.24. The summed E-state index contributed by atoms with van der Waals surface area (Å²) < 4.78 is 5.43. The number of fused-ring (bicyclic) bond motifs is 3. The second-order valence-electron chi connectivity index (χ2n) is 5.54. The van der Waals surface area contributed by atoms with Crippen LogP contribution in [0.3, 0.4) is 0 Å². The van der Waals surface area contributed by atoms with Crippen molar-refractivity contribution in [3.8, 4) is 17.0 Å². The minimum absolute atomic E-state index is 0.151. The molecule has 0 unspecified atom stereocenters. The zero-order chi connectivity index (χ0) is 17.4. The molecule has 1 aromatic heterocycles. The molecule has 0 saturated carbocycles. The van der Waals surface area contributed by atoms with Crippen molar-refractivity contribution in [2.45, 2.75) is 6.42 Å². The summed E-state index contributed by atoms with van der Waals surface area (Å²) in [7, 11) is 0. The van der Waals surface area contributed by atoms with Crippen LogP contribution >= 0.6 is 34.5 Å². The van der Waals surface area contributed by atoms with Gasteiger partial charge in [0.15, 0.2) is 11.7 Å². The lowest BCUT2D eigenvalue weighted by atomic mass is 10.1. The van der Waals surface area contributed by atoms with Crippen molar-refractivity contribution in [2.24, 2.45) is 0 Å². The molecule has 25 heavy (non-hydrogen) atoms. The zero-order valence-corrected chi connectivity index (χ0v) is 15.2. The van der Waals surface area contributed by atoms with Crippen LogP contribution in [0.4, 0.5) is 5.13 Å². The van der Waals surface area contributed by atoms with Crippen LogP contribution in [-0.2, 0) is 11.2 Å². The van der Waals surface area contributed by atoms with E-state index in [0.717, 1.165) is 22.6 Å². The number of carbonyl (C=O) groups is 1. The molecular weight excluding hydrogens is 379 g/mol. The molecule has 2 aromatic carbocycles. The van der Waals surface area contributed by atoms with Crippen molar-refractivity contribution in [3.63, 3.8) is 0 Å². The fraction of sp³-hybridized carbons (Fsp3) is 0.111. The monoisotopic (exact) mass is 390 g/mol. The molecule has 1 aliphatic carbocycles. The molecule has 1 aliphatic rings. The van der Waals surface area contributed by atoms with E-state index in [1.54, 1.807) is 18.2 Å². The third-order valence-corrected chi connectivity index (χ3v) is 5.32. The van der Waals surface area contributed by atoms with E-state index in [1.165, 1.54) is 16.9 Å². The summed E-state index contributed by atoms with van der Waals surface area (Å²) in [5.41, 5.74) is 3.37. The Hall–Kier alpha value is -2.08. The number of nitrogens with zero attached hydrogens (tertiary/aromatic N) is 1. The standard InChI is InChI=1S/C18H12Cl2N2O2S/c19-11-5-6-14(13(20)8-11)24-9-16(23)21-18-22-17-12-4-2-1-3-10(12)7-15(17)25-18/h1-6,8H,7,9H2,(H,21,22,23). The van der Waals surface area contributed by atoms with Crippen molar-refractivity contribution in [1.29, 1.82) is 0 Å². The average molecular weight is 391 g/mol. The Kier molecular flexibility index (Phi) is 4.37. The first kappa shape index (κ1) is 16.4. The van der Waals surface area contributed by atoms with Gasteiger partial charge in [0, 0.05) is 21.9 Å². The maximum absolute atomic E-state index is 12.1. The molecule has 0 bridgehead atoms. The Morgan fingerprint density at radius 1 is 1.24 bits per heavy atom. The lowest BCUT2D eigenvalue weighted by Gasteiger charge is -2.07. The summed E-state index contributed by atoms with van der Waals surface area (Å²) in [6.45, 7) is -0.151. The van der Waals surface area contributed by atoms with E-state index in [2.05, 4.69) is 22.4 Å². The van der Waals surface area contributed by atoms with E-state index in [0.29, 0.717) is 20.9 Å². The largest absolute Gasteiger partial charge is 0.482 e. The highest BCUT2D eigenvalue weighted by Crippen LogP contribution is 2.40. The number of carbonyl (C=O) groups excluding carboxylic acids is 1. The average Bonchev–Trinajstić information content (AvgIpc) is 3.11. The van der Waals surface area contributed by atoms with E-state index in [-0.39, 0.29) is 12.5 Å². The van der Waals surface area contributed by atoms with Crippen LogP contribution < -0.4 is 10.1 Å². The second kappa shape index (κ2) is 6.67. The molecule has 1 amide bonds. The smallest absolute Gasteiger partial charge is 0.264 e.